The predicted molar refractivity (Wildman–Crippen MR) is 104 cm³/mol. The number of thioether (sulfide) groups is 1. The first-order valence-corrected chi connectivity index (χ1v) is 9.42. The highest BCUT2D eigenvalue weighted by Gasteiger charge is 2.06. The maximum absolute atomic E-state index is 11.6. The number of carbonyl (C=O) groups excluding carboxylic acids is 1. The molecule has 24 heavy (non-hydrogen) atoms. The van der Waals surface area contributed by atoms with Crippen LogP contribution in [-0.4, -0.2) is 42.8 Å². The molecule has 1 atom stereocenters. The van der Waals surface area contributed by atoms with Crippen LogP contribution in [0.3, 0.4) is 0 Å². The Morgan fingerprint density at radius 2 is 1.88 bits per heavy atom. The van der Waals surface area contributed by atoms with E-state index in [0.29, 0.717) is 24.8 Å². The number of guanidine groups is 1. The Morgan fingerprint density at radius 3 is 2.50 bits per heavy atom. The molecule has 1 aromatic rings. The van der Waals surface area contributed by atoms with Gasteiger partial charge in [0.05, 0.1) is 6.54 Å². The van der Waals surface area contributed by atoms with Gasteiger partial charge in [-0.15, -0.1) is 11.8 Å². The number of carbonyl (C=O) groups is 1. The lowest BCUT2D eigenvalue weighted by Crippen LogP contribution is -2.40. The molecule has 0 saturated heterocycles. The van der Waals surface area contributed by atoms with Gasteiger partial charge >= 0.3 is 0 Å². The number of aliphatic imine (C=N–C) groups is 1. The van der Waals surface area contributed by atoms with Crippen LogP contribution >= 0.6 is 11.8 Å². The summed E-state index contributed by atoms with van der Waals surface area (Å²) in [5.74, 6) is 0.816. The first kappa shape index (κ1) is 20.4. The van der Waals surface area contributed by atoms with Gasteiger partial charge in [0.25, 0.3) is 0 Å². The van der Waals surface area contributed by atoms with Crippen molar-refractivity contribution in [3.63, 3.8) is 0 Å². The first-order valence-electron chi connectivity index (χ1n) is 8.54. The van der Waals surface area contributed by atoms with E-state index in [-0.39, 0.29) is 11.9 Å². The van der Waals surface area contributed by atoms with Crippen molar-refractivity contribution in [3.8, 4) is 0 Å². The molecule has 0 spiro atoms. The Hall–Kier alpha value is -1.69. The lowest BCUT2D eigenvalue weighted by atomic mass is 10.3. The van der Waals surface area contributed by atoms with Gasteiger partial charge in [-0.05, 0) is 32.9 Å². The number of benzene rings is 1. The molecular formula is C18H30N4OS. The second kappa shape index (κ2) is 11.8. The summed E-state index contributed by atoms with van der Waals surface area (Å²) in [6.07, 6.45) is 0.441. The van der Waals surface area contributed by atoms with E-state index < -0.39 is 0 Å². The number of nitrogens with one attached hydrogen (secondary N) is 3. The predicted octanol–water partition coefficient (Wildman–Crippen LogP) is 2.64. The fraction of sp³-hybridized carbons (Fsp3) is 0.556. The van der Waals surface area contributed by atoms with Gasteiger partial charge in [0.2, 0.25) is 5.91 Å². The largest absolute Gasteiger partial charge is 0.357 e. The Labute approximate surface area is 150 Å². The van der Waals surface area contributed by atoms with Gasteiger partial charge < -0.3 is 16.0 Å². The van der Waals surface area contributed by atoms with Gasteiger partial charge in [-0.2, -0.15) is 0 Å². The third-order valence-electron chi connectivity index (χ3n) is 3.03. The van der Waals surface area contributed by atoms with Crippen LogP contribution in [0.2, 0.25) is 0 Å². The third kappa shape index (κ3) is 9.45. The van der Waals surface area contributed by atoms with E-state index in [1.54, 1.807) is 0 Å². The molecule has 6 heteroatoms. The normalized spacial score (nSPS) is 12.8. The van der Waals surface area contributed by atoms with E-state index in [4.69, 9.17) is 0 Å². The zero-order valence-electron chi connectivity index (χ0n) is 15.1. The molecule has 0 aliphatic rings. The van der Waals surface area contributed by atoms with Gasteiger partial charge in [0, 0.05) is 35.7 Å². The van der Waals surface area contributed by atoms with Crippen molar-refractivity contribution >= 4 is 23.6 Å². The van der Waals surface area contributed by atoms with Crippen molar-refractivity contribution in [1.29, 1.82) is 0 Å². The number of hydrogen-bond donors (Lipinski definition) is 3. The highest BCUT2D eigenvalue weighted by Crippen LogP contribution is 2.22. The van der Waals surface area contributed by atoms with Crippen molar-refractivity contribution in [2.75, 3.05) is 19.6 Å². The van der Waals surface area contributed by atoms with Crippen molar-refractivity contribution in [1.82, 2.24) is 16.0 Å². The van der Waals surface area contributed by atoms with Gasteiger partial charge in [0.1, 0.15) is 0 Å². The molecule has 0 radical (unpaired) electrons. The Kier molecular flexibility index (Phi) is 10.00. The number of amides is 1. The molecule has 0 aromatic heterocycles. The molecule has 3 N–H and O–H groups in total. The highest BCUT2D eigenvalue weighted by atomic mass is 32.2. The molecule has 5 nitrogen and oxygen atoms in total. The van der Waals surface area contributed by atoms with Crippen LogP contribution in [0.1, 0.15) is 34.1 Å². The number of rotatable bonds is 9. The average Bonchev–Trinajstić information content (AvgIpc) is 2.53. The van der Waals surface area contributed by atoms with Gasteiger partial charge in [0.15, 0.2) is 5.96 Å². The molecule has 0 heterocycles. The first-order chi connectivity index (χ1) is 11.5. The molecule has 1 rings (SSSR count). The third-order valence-corrected chi connectivity index (χ3v) is 4.12. The van der Waals surface area contributed by atoms with E-state index in [2.05, 4.69) is 40.0 Å². The van der Waals surface area contributed by atoms with E-state index in [0.717, 1.165) is 12.5 Å². The molecule has 1 unspecified atom stereocenters. The summed E-state index contributed by atoms with van der Waals surface area (Å²) in [4.78, 5) is 17.5. The van der Waals surface area contributed by atoms with E-state index >= 15 is 0 Å². The monoisotopic (exact) mass is 350 g/mol. The lowest BCUT2D eigenvalue weighted by Gasteiger charge is -2.14. The number of nitrogens with zero attached hydrogens (tertiary/aromatic N) is 1. The minimum Gasteiger partial charge on any atom is -0.357 e. The van der Waals surface area contributed by atoms with Crippen molar-refractivity contribution in [3.05, 3.63) is 30.3 Å². The summed E-state index contributed by atoms with van der Waals surface area (Å²) in [6, 6.07) is 10.5. The molecule has 0 aliphatic heterocycles. The molecule has 0 saturated carbocycles. The maximum atomic E-state index is 11.6. The molecule has 0 bridgehead atoms. The van der Waals surface area contributed by atoms with Crippen LogP contribution in [-0.2, 0) is 4.79 Å². The van der Waals surface area contributed by atoms with Gasteiger partial charge in [-0.3, -0.25) is 9.79 Å². The molecule has 1 aromatic carbocycles. The summed E-state index contributed by atoms with van der Waals surface area (Å²) in [6.45, 7) is 10.2. The van der Waals surface area contributed by atoms with Crippen LogP contribution in [0.5, 0.6) is 0 Å². The minimum atomic E-state index is 0.0568. The van der Waals surface area contributed by atoms with E-state index in [1.807, 2.05) is 50.7 Å². The van der Waals surface area contributed by atoms with Gasteiger partial charge in [-0.25, -0.2) is 0 Å². The van der Waals surface area contributed by atoms with Crippen LogP contribution in [0, 0.1) is 0 Å². The molecule has 1 amide bonds. The zero-order chi connectivity index (χ0) is 17.8. The average molecular weight is 351 g/mol. The topological polar surface area (TPSA) is 65.5 Å². The van der Waals surface area contributed by atoms with Crippen LogP contribution in [0.25, 0.3) is 0 Å². The summed E-state index contributed by atoms with van der Waals surface area (Å²) < 4.78 is 0. The van der Waals surface area contributed by atoms with Crippen molar-refractivity contribution in [2.45, 2.75) is 50.3 Å². The molecule has 0 aliphatic carbocycles. The Balaban J connectivity index is 2.39. The molecular weight excluding hydrogens is 320 g/mol. The zero-order valence-corrected chi connectivity index (χ0v) is 16.0. The van der Waals surface area contributed by atoms with Crippen molar-refractivity contribution in [2.24, 2.45) is 4.99 Å². The Bertz CT molecular complexity index is 505. The minimum absolute atomic E-state index is 0.0568. The van der Waals surface area contributed by atoms with E-state index in [1.165, 1.54) is 4.90 Å². The Morgan fingerprint density at radius 1 is 1.17 bits per heavy atom. The fourth-order valence-electron chi connectivity index (χ4n) is 2.02. The van der Waals surface area contributed by atoms with Crippen LogP contribution < -0.4 is 16.0 Å². The quantitative estimate of drug-likeness (QED) is 0.364. The second-order valence-corrected chi connectivity index (χ2v) is 7.37. The van der Waals surface area contributed by atoms with Gasteiger partial charge in [-0.1, -0.05) is 25.1 Å². The summed E-state index contributed by atoms with van der Waals surface area (Å²) in [7, 11) is 0. The van der Waals surface area contributed by atoms with E-state index in [9.17, 15) is 4.79 Å². The number of hydrogen-bond acceptors (Lipinski definition) is 3. The molecule has 134 valence electrons. The second-order valence-electron chi connectivity index (χ2n) is 5.86. The smallest absolute Gasteiger partial charge is 0.221 e. The lowest BCUT2D eigenvalue weighted by molar-refractivity contribution is -0.121. The SMILES string of the molecule is CCNC(=NCC(C)Sc1ccccc1)NCCC(=O)NC(C)C. The summed E-state index contributed by atoms with van der Waals surface area (Å²) in [5.41, 5.74) is 0. The standard InChI is InChI=1S/C18H30N4OS/c1-5-19-18(20-12-11-17(23)22-14(2)3)21-13-15(4)24-16-9-7-6-8-10-16/h6-10,14-15H,5,11-13H2,1-4H3,(H,22,23)(H2,19,20,21). The highest BCUT2D eigenvalue weighted by molar-refractivity contribution is 8.00. The maximum Gasteiger partial charge on any atom is 0.221 e. The summed E-state index contributed by atoms with van der Waals surface area (Å²) >= 11 is 1.81. The molecule has 0 fully saturated rings. The van der Waals surface area contributed by atoms with Crippen LogP contribution in [0.15, 0.2) is 40.2 Å². The van der Waals surface area contributed by atoms with Crippen LogP contribution in [0.4, 0.5) is 0 Å². The summed E-state index contributed by atoms with van der Waals surface area (Å²) in [5, 5.41) is 9.69. The fourth-order valence-corrected chi connectivity index (χ4v) is 2.95. The van der Waals surface area contributed by atoms with Crippen molar-refractivity contribution < 1.29 is 4.79 Å².